The first-order chi connectivity index (χ1) is 5.62. The van der Waals surface area contributed by atoms with Gasteiger partial charge in [-0.3, -0.25) is 0 Å². The third-order valence-electron chi connectivity index (χ3n) is 1.41. The van der Waals surface area contributed by atoms with Gasteiger partial charge in [0.25, 0.3) is 0 Å². The van der Waals surface area contributed by atoms with E-state index in [1.807, 2.05) is 27.7 Å². The molecule has 2 N–H and O–H groups in total. The van der Waals surface area contributed by atoms with Crippen LogP contribution in [0.2, 0.25) is 0 Å². The summed E-state index contributed by atoms with van der Waals surface area (Å²) in [6.45, 7) is 8.37. The van der Waals surface area contributed by atoms with Crippen LogP contribution in [-0.4, -0.2) is 32.8 Å². The fourth-order valence-corrected chi connectivity index (χ4v) is 2.07. The van der Waals surface area contributed by atoms with E-state index in [1.165, 1.54) is 6.26 Å². The van der Waals surface area contributed by atoms with Crippen LogP contribution in [-0.2, 0) is 10.0 Å². The topological polar surface area (TPSA) is 58.2 Å². The van der Waals surface area contributed by atoms with Crippen LogP contribution >= 0.6 is 0 Å². The molecule has 0 aliphatic carbocycles. The summed E-state index contributed by atoms with van der Waals surface area (Å²) in [5.41, 5.74) is -0.433. The van der Waals surface area contributed by atoms with Crippen molar-refractivity contribution in [1.82, 2.24) is 10.0 Å². The van der Waals surface area contributed by atoms with Crippen LogP contribution in [0.4, 0.5) is 0 Å². The summed E-state index contributed by atoms with van der Waals surface area (Å²) in [4.78, 5) is 0. The van der Waals surface area contributed by atoms with Gasteiger partial charge in [-0.2, -0.15) is 0 Å². The molecule has 5 heteroatoms. The second-order valence-electron chi connectivity index (χ2n) is 4.29. The lowest BCUT2D eigenvalue weighted by molar-refractivity contribution is 0.403. The molecular weight excluding hydrogens is 188 g/mol. The van der Waals surface area contributed by atoms with E-state index in [9.17, 15) is 8.42 Å². The molecule has 0 bridgehead atoms. The Morgan fingerprint density at radius 3 is 2.08 bits per heavy atom. The molecular formula is C8H20N2O2S. The van der Waals surface area contributed by atoms with Crippen molar-refractivity contribution in [2.75, 3.05) is 12.8 Å². The van der Waals surface area contributed by atoms with E-state index < -0.39 is 15.6 Å². The molecule has 0 unspecified atom stereocenters. The van der Waals surface area contributed by atoms with Crippen molar-refractivity contribution in [3.63, 3.8) is 0 Å². The molecule has 4 nitrogen and oxygen atoms in total. The summed E-state index contributed by atoms with van der Waals surface area (Å²) in [7, 11) is -3.12. The first-order valence-electron chi connectivity index (χ1n) is 4.35. The normalized spacial score (nSPS) is 13.7. The van der Waals surface area contributed by atoms with Gasteiger partial charge in [-0.25, -0.2) is 13.1 Å². The van der Waals surface area contributed by atoms with Crippen LogP contribution in [0.1, 0.15) is 27.7 Å². The van der Waals surface area contributed by atoms with Gasteiger partial charge in [-0.1, -0.05) is 13.8 Å². The van der Waals surface area contributed by atoms with Gasteiger partial charge in [-0.15, -0.1) is 0 Å². The molecule has 0 amide bonds. The van der Waals surface area contributed by atoms with Crippen molar-refractivity contribution in [1.29, 1.82) is 0 Å². The van der Waals surface area contributed by atoms with E-state index in [-0.39, 0.29) is 0 Å². The van der Waals surface area contributed by atoms with Crippen LogP contribution in [0.25, 0.3) is 0 Å². The van der Waals surface area contributed by atoms with Crippen LogP contribution in [0.5, 0.6) is 0 Å². The predicted molar refractivity (Wildman–Crippen MR) is 55.2 cm³/mol. The van der Waals surface area contributed by atoms with E-state index in [2.05, 4.69) is 10.0 Å². The lowest BCUT2D eigenvalue weighted by atomic mass is 10.1. The van der Waals surface area contributed by atoms with Gasteiger partial charge in [0, 0.05) is 18.1 Å². The molecule has 0 saturated carbocycles. The maximum Gasteiger partial charge on any atom is 0.209 e. The standard InChI is InChI=1S/C8H20N2O2S/c1-7(2)9-6-8(3,4)10-13(5,11)12/h7,9-10H,6H2,1-5H3. The average molecular weight is 208 g/mol. The molecule has 0 atom stereocenters. The van der Waals surface area contributed by atoms with E-state index >= 15 is 0 Å². The second-order valence-corrected chi connectivity index (χ2v) is 6.04. The third-order valence-corrected chi connectivity index (χ3v) is 2.34. The molecule has 0 radical (unpaired) electrons. The maximum absolute atomic E-state index is 11.0. The highest BCUT2D eigenvalue weighted by atomic mass is 32.2. The molecule has 0 aromatic carbocycles. The Bertz CT molecular complexity index is 245. The van der Waals surface area contributed by atoms with Gasteiger partial charge in [0.15, 0.2) is 0 Å². The Labute approximate surface area is 81.2 Å². The van der Waals surface area contributed by atoms with Gasteiger partial charge in [0.2, 0.25) is 10.0 Å². The highest BCUT2D eigenvalue weighted by molar-refractivity contribution is 7.88. The molecule has 0 aromatic rings. The zero-order valence-electron chi connectivity index (χ0n) is 9.01. The number of nitrogens with one attached hydrogen (secondary N) is 2. The number of rotatable bonds is 5. The van der Waals surface area contributed by atoms with Gasteiger partial charge in [0.05, 0.1) is 6.26 Å². The minimum atomic E-state index is -3.12. The smallest absolute Gasteiger partial charge is 0.209 e. The van der Waals surface area contributed by atoms with Crippen LogP contribution in [0, 0.1) is 0 Å². The molecule has 0 saturated heterocycles. The van der Waals surface area contributed by atoms with Crippen molar-refractivity contribution >= 4 is 10.0 Å². The van der Waals surface area contributed by atoms with Crippen molar-refractivity contribution in [3.05, 3.63) is 0 Å². The van der Waals surface area contributed by atoms with Gasteiger partial charge in [0.1, 0.15) is 0 Å². The summed E-state index contributed by atoms with van der Waals surface area (Å²) >= 11 is 0. The molecule has 0 aliphatic heterocycles. The minimum Gasteiger partial charge on any atom is -0.313 e. The maximum atomic E-state index is 11.0. The summed E-state index contributed by atoms with van der Waals surface area (Å²) in [6, 6.07) is 0.362. The molecule has 0 rings (SSSR count). The summed E-state index contributed by atoms with van der Waals surface area (Å²) in [5, 5.41) is 3.18. The van der Waals surface area contributed by atoms with Crippen molar-refractivity contribution in [2.24, 2.45) is 0 Å². The van der Waals surface area contributed by atoms with E-state index in [0.717, 1.165) is 0 Å². The molecule has 0 aromatic heterocycles. The molecule has 0 aliphatic rings. The van der Waals surface area contributed by atoms with E-state index in [0.29, 0.717) is 12.6 Å². The molecule has 0 spiro atoms. The molecule has 0 heterocycles. The van der Waals surface area contributed by atoms with E-state index in [4.69, 9.17) is 0 Å². The Balaban J connectivity index is 4.09. The summed E-state index contributed by atoms with van der Waals surface area (Å²) in [6.07, 6.45) is 1.17. The lowest BCUT2D eigenvalue weighted by Gasteiger charge is -2.26. The Morgan fingerprint density at radius 1 is 1.31 bits per heavy atom. The number of hydrogen-bond acceptors (Lipinski definition) is 3. The predicted octanol–water partition coefficient (Wildman–Crippen LogP) is 0.312. The monoisotopic (exact) mass is 208 g/mol. The fourth-order valence-electron chi connectivity index (χ4n) is 0.997. The third kappa shape index (κ3) is 8.21. The largest absolute Gasteiger partial charge is 0.313 e. The zero-order valence-corrected chi connectivity index (χ0v) is 9.83. The Morgan fingerprint density at radius 2 is 1.77 bits per heavy atom. The highest BCUT2D eigenvalue weighted by Gasteiger charge is 2.21. The first-order valence-corrected chi connectivity index (χ1v) is 6.24. The SMILES string of the molecule is CC(C)NCC(C)(C)NS(C)(=O)=O. The van der Waals surface area contributed by atoms with Crippen molar-refractivity contribution in [3.8, 4) is 0 Å². The lowest BCUT2D eigenvalue weighted by Crippen LogP contribution is -2.51. The van der Waals surface area contributed by atoms with Crippen LogP contribution < -0.4 is 10.0 Å². The van der Waals surface area contributed by atoms with Gasteiger partial charge < -0.3 is 5.32 Å². The Kier molecular flexibility index (Phi) is 4.35. The highest BCUT2D eigenvalue weighted by Crippen LogP contribution is 2.02. The Hall–Kier alpha value is -0.130. The molecule has 80 valence electrons. The molecule has 13 heavy (non-hydrogen) atoms. The average Bonchev–Trinajstić information content (AvgIpc) is 1.78. The second kappa shape index (κ2) is 4.39. The van der Waals surface area contributed by atoms with Crippen LogP contribution in [0.3, 0.4) is 0 Å². The summed E-state index contributed by atoms with van der Waals surface area (Å²) < 4.78 is 24.5. The van der Waals surface area contributed by atoms with Crippen LogP contribution in [0.15, 0.2) is 0 Å². The van der Waals surface area contributed by atoms with E-state index in [1.54, 1.807) is 0 Å². The van der Waals surface area contributed by atoms with Crippen molar-refractivity contribution < 1.29 is 8.42 Å². The fraction of sp³-hybridized carbons (Fsp3) is 1.00. The molecule has 0 fully saturated rings. The van der Waals surface area contributed by atoms with Crippen molar-refractivity contribution in [2.45, 2.75) is 39.3 Å². The zero-order chi connectivity index (χ0) is 10.7. The number of hydrogen-bond donors (Lipinski definition) is 2. The van der Waals surface area contributed by atoms with Gasteiger partial charge in [-0.05, 0) is 13.8 Å². The minimum absolute atomic E-state index is 0.362. The summed E-state index contributed by atoms with van der Waals surface area (Å²) in [5.74, 6) is 0. The number of sulfonamides is 1. The first kappa shape index (κ1) is 12.9. The van der Waals surface area contributed by atoms with Gasteiger partial charge >= 0.3 is 0 Å². The quantitative estimate of drug-likeness (QED) is 0.684.